The Morgan fingerprint density at radius 2 is 2.14 bits per heavy atom. The standard InChI is InChI=1S/C14H22ClN3O2.ClH/c1-10-11(13(15)20-18-10)3-4-12(19)17-9-14(2)5-7-16-8-6-14;/h16H,3-9H2,1-2H3,(H,17,19);1H. The third-order valence-corrected chi connectivity index (χ3v) is 4.36. The molecule has 1 aromatic rings. The van der Waals surface area contributed by atoms with Gasteiger partial charge in [0, 0.05) is 18.5 Å². The number of piperidine rings is 1. The van der Waals surface area contributed by atoms with Crippen LogP contribution in [0, 0.1) is 12.3 Å². The SMILES string of the molecule is Cc1noc(Cl)c1CCC(=O)NCC1(C)CCNCC1.Cl. The Balaban J connectivity index is 0.00000220. The van der Waals surface area contributed by atoms with E-state index in [-0.39, 0.29) is 23.7 Å². The molecule has 120 valence electrons. The van der Waals surface area contributed by atoms with E-state index in [1.807, 2.05) is 6.92 Å². The van der Waals surface area contributed by atoms with E-state index in [0.717, 1.165) is 43.7 Å². The third kappa shape index (κ3) is 5.16. The number of halogens is 2. The first kappa shape index (κ1) is 18.3. The third-order valence-electron chi connectivity index (χ3n) is 4.06. The largest absolute Gasteiger partial charge is 0.356 e. The van der Waals surface area contributed by atoms with Crippen molar-refractivity contribution in [1.82, 2.24) is 15.8 Å². The minimum atomic E-state index is 0. The summed E-state index contributed by atoms with van der Waals surface area (Å²) in [6, 6.07) is 0. The number of hydrogen-bond acceptors (Lipinski definition) is 4. The molecule has 0 aliphatic carbocycles. The maximum Gasteiger partial charge on any atom is 0.229 e. The zero-order valence-electron chi connectivity index (χ0n) is 12.5. The van der Waals surface area contributed by atoms with Gasteiger partial charge < -0.3 is 15.2 Å². The van der Waals surface area contributed by atoms with Crippen LogP contribution in [0.15, 0.2) is 4.52 Å². The minimum Gasteiger partial charge on any atom is -0.356 e. The summed E-state index contributed by atoms with van der Waals surface area (Å²) in [5.41, 5.74) is 1.80. The van der Waals surface area contributed by atoms with Gasteiger partial charge in [-0.3, -0.25) is 4.79 Å². The highest BCUT2D eigenvalue weighted by Crippen LogP contribution is 2.26. The zero-order chi connectivity index (χ0) is 14.6. The van der Waals surface area contributed by atoms with Crippen LogP contribution in [-0.2, 0) is 11.2 Å². The Kier molecular flexibility index (Phi) is 6.97. The summed E-state index contributed by atoms with van der Waals surface area (Å²) in [5.74, 6) is 0.0569. The Hall–Kier alpha value is -0.780. The summed E-state index contributed by atoms with van der Waals surface area (Å²) >= 11 is 5.88. The van der Waals surface area contributed by atoms with Gasteiger partial charge in [0.05, 0.1) is 5.69 Å². The van der Waals surface area contributed by atoms with Crippen LogP contribution in [0.5, 0.6) is 0 Å². The van der Waals surface area contributed by atoms with Crippen LogP contribution in [0.1, 0.15) is 37.4 Å². The van der Waals surface area contributed by atoms with Gasteiger partial charge in [-0.1, -0.05) is 12.1 Å². The van der Waals surface area contributed by atoms with Crippen LogP contribution < -0.4 is 10.6 Å². The maximum atomic E-state index is 11.9. The molecule has 0 saturated carbocycles. The molecule has 0 atom stereocenters. The van der Waals surface area contributed by atoms with Crippen LogP contribution in [0.2, 0.25) is 5.22 Å². The van der Waals surface area contributed by atoms with E-state index in [2.05, 4.69) is 22.7 Å². The normalized spacial score (nSPS) is 17.1. The highest BCUT2D eigenvalue weighted by atomic mass is 35.5. The summed E-state index contributed by atoms with van der Waals surface area (Å²) in [6.45, 7) is 6.86. The average Bonchev–Trinajstić information content (AvgIpc) is 2.74. The van der Waals surface area contributed by atoms with Crippen LogP contribution >= 0.6 is 24.0 Å². The fourth-order valence-electron chi connectivity index (χ4n) is 2.49. The fourth-order valence-corrected chi connectivity index (χ4v) is 2.75. The van der Waals surface area contributed by atoms with Gasteiger partial charge in [0.15, 0.2) is 0 Å². The van der Waals surface area contributed by atoms with Gasteiger partial charge in [-0.15, -0.1) is 12.4 Å². The number of carbonyl (C=O) groups excluding carboxylic acids is 1. The first-order chi connectivity index (χ1) is 9.50. The van der Waals surface area contributed by atoms with E-state index in [1.165, 1.54) is 0 Å². The van der Waals surface area contributed by atoms with E-state index in [9.17, 15) is 4.79 Å². The molecule has 1 saturated heterocycles. The molecule has 21 heavy (non-hydrogen) atoms. The molecule has 7 heteroatoms. The summed E-state index contributed by atoms with van der Waals surface area (Å²) < 4.78 is 4.88. The quantitative estimate of drug-likeness (QED) is 0.867. The Morgan fingerprint density at radius 3 is 2.71 bits per heavy atom. The molecule has 1 aliphatic rings. The van der Waals surface area contributed by atoms with Crippen molar-refractivity contribution in [3.63, 3.8) is 0 Å². The van der Waals surface area contributed by atoms with E-state index in [1.54, 1.807) is 0 Å². The van der Waals surface area contributed by atoms with Crippen LogP contribution in [0.25, 0.3) is 0 Å². The van der Waals surface area contributed by atoms with Crippen molar-refractivity contribution in [2.75, 3.05) is 19.6 Å². The number of rotatable bonds is 5. The minimum absolute atomic E-state index is 0. The van der Waals surface area contributed by atoms with Crippen molar-refractivity contribution in [1.29, 1.82) is 0 Å². The first-order valence-electron chi connectivity index (χ1n) is 7.08. The Morgan fingerprint density at radius 1 is 1.48 bits per heavy atom. The van der Waals surface area contributed by atoms with Crippen molar-refractivity contribution in [2.24, 2.45) is 5.41 Å². The zero-order valence-corrected chi connectivity index (χ0v) is 14.1. The van der Waals surface area contributed by atoms with Gasteiger partial charge >= 0.3 is 0 Å². The second kappa shape index (κ2) is 8.01. The molecular weight excluding hydrogens is 313 g/mol. The summed E-state index contributed by atoms with van der Waals surface area (Å²) in [7, 11) is 0. The molecule has 1 fully saturated rings. The van der Waals surface area contributed by atoms with Crippen molar-refractivity contribution in [2.45, 2.75) is 39.5 Å². The second-order valence-electron chi connectivity index (χ2n) is 5.86. The number of hydrogen-bond donors (Lipinski definition) is 2. The number of nitrogens with one attached hydrogen (secondary N) is 2. The predicted octanol–water partition coefficient (Wildman–Crippen LogP) is 2.50. The second-order valence-corrected chi connectivity index (χ2v) is 6.20. The molecule has 1 aromatic heterocycles. The number of aryl methyl sites for hydroxylation is 1. The molecule has 5 nitrogen and oxygen atoms in total. The highest BCUT2D eigenvalue weighted by Gasteiger charge is 2.27. The van der Waals surface area contributed by atoms with Gasteiger partial charge in [-0.25, -0.2) is 0 Å². The number of aromatic nitrogens is 1. The summed E-state index contributed by atoms with van der Waals surface area (Å²) in [4.78, 5) is 11.9. The highest BCUT2D eigenvalue weighted by molar-refractivity contribution is 6.29. The topological polar surface area (TPSA) is 67.2 Å². The van der Waals surface area contributed by atoms with E-state index in [0.29, 0.717) is 18.1 Å². The summed E-state index contributed by atoms with van der Waals surface area (Å²) in [6.07, 6.45) is 3.18. The van der Waals surface area contributed by atoms with E-state index < -0.39 is 0 Å². The van der Waals surface area contributed by atoms with E-state index in [4.69, 9.17) is 16.1 Å². The number of amides is 1. The van der Waals surface area contributed by atoms with Gasteiger partial charge in [-0.2, -0.15) is 0 Å². The lowest BCUT2D eigenvalue weighted by atomic mass is 9.81. The molecule has 2 heterocycles. The maximum absolute atomic E-state index is 11.9. The smallest absolute Gasteiger partial charge is 0.229 e. The Bertz CT molecular complexity index is 451. The number of carbonyl (C=O) groups is 1. The molecule has 2 rings (SSSR count). The van der Waals surface area contributed by atoms with Crippen LogP contribution in [0.4, 0.5) is 0 Å². The lowest BCUT2D eigenvalue weighted by Crippen LogP contribution is -2.42. The summed E-state index contributed by atoms with van der Waals surface area (Å²) in [5, 5.41) is 10.4. The fraction of sp³-hybridized carbons (Fsp3) is 0.714. The number of nitrogens with zero attached hydrogens (tertiary/aromatic N) is 1. The monoisotopic (exact) mass is 335 g/mol. The predicted molar refractivity (Wildman–Crippen MR) is 85.0 cm³/mol. The van der Waals surface area contributed by atoms with Gasteiger partial charge in [-0.05, 0) is 56.3 Å². The molecule has 0 unspecified atom stereocenters. The lowest BCUT2D eigenvalue weighted by Gasteiger charge is -2.34. The molecule has 0 spiro atoms. The van der Waals surface area contributed by atoms with Crippen molar-refractivity contribution in [3.8, 4) is 0 Å². The molecule has 0 radical (unpaired) electrons. The molecule has 2 N–H and O–H groups in total. The van der Waals surface area contributed by atoms with Crippen molar-refractivity contribution in [3.05, 3.63) is 16.5 Å². The van der Waals surface area contributed by atoms with Gasteiger partial charge in [0.2, 0.25) is 11.1 Å². The molecule has 0 aromatic carbocycles. The molecular formula is C14H23Cl2N3O2. The lowest BCUT2D eigenvalue weighted by molar-refractivity contribution is -0.121. The first-order valence-corrected chi connectivity index (χ1v) is 7.46. The average molecular weight is 336 g/mol. The van der Waals surface area contributed by atoms with Gasteiger partial charge in [0.25, 0.3) is 0 Å². The Labute approximate surface area is 136 Å². The van der Waals surface area contributed by atoms with Crippen LogP contribution in [-0.4, -0.2) is 30.7 Å². The van der Waals surface area contributed by atoms with Crippen LogP contribution in [0.3, 0.4) is 0 Å². The van der Waals surface area contributed by atoms with Crippen molar-refractivity contribution >= 4 is 29.9 Å². The molecule has 1 aliphatic heterocycles. The molecule has 1 amide bonds. The van der Waals surface area contributed by atoms with E-state index >= 15 is 0 Å². The molecule has 0 bridgehead atoms. The van der Waals surface area contributed by atoms with Gasteiger partial charge in [0.1, 0.15) is 0 Å². The van der Waals surface area contributed by atoms with Crippen molar-refractivity contribution < 1.29 is 9.32 Å².